The Morgan fingerprint density at radius 3 is 2.39 bits per heavy atom. The summed E-state index contributed by atoms with van der Waals surface area (Å²) >= 11 is 0. The maximum absolute atomic E-state index is 13.4. The largest absolute Gasteiger partial charge is 0.329 e. The molecular weight excluding hydrogens is 452 g/mol. The fourth-order valence-corrected chi connectivity index (χ4v) is 4.56. The van der Waals surface area contributed by atoms with Gasteiger partial charge in [-0.3, -0.25) is 13.9 Å². The second kappa shape index (κ2) is 11.7. The van der Waals surface area contributed by atoms with Gasteiger partial charge in [-0.15, -0.1) is 10.2 Å². The third-order valence-corrected chi connectivity index (χ3v) is 6.55. The van der Waals surface area contributed by atoms with Gasteiger partial charge in [0.25, 0.3) is 0 Å². The second-order valence-corrected chi connectivity index (χ2v) is 9.59. The van der Waals surface area contributed by atoms with Gasteiger partial charge in [-0.1, -0.05) is 82.1 Å². The summed E-state index contributed by atoms with van der Waals surface area (Å²) in [4.78, 5) is 25.5. The quantitative estimate of drug-likeness (QED) is 0.221. The molecule has 0 aliphatic carbocycles. The van der Waals surface area contributed by atoms with E-state index in [0.717, 1.165) is 59.9 Å². The number of aromatic amines is 1. The van der Waals surface area contributed by atoms with Crippen molar-refractivity contribution in [1.29, 1.82) is 0 Å². The van der Waals surface area contributed by atoms with E-state index in [2.05, 4.69) is 41.4 Å². The van der Waals surface area contributed by atoms with Crippen molar-refractivity contribution in [2.45, 2.75) is 66.0 Å². The molecule has 8 heteroatoms. The number of hydrogen-bond acceptors (Lipinski definition) is 5. The molecule has 188 valence electrons. The highest BCUT2D eigenvalue weighted by atomic mass is 16.2. The van der Waals surface area contributed by atoms with E-state index in [0.29, 0.717) is 36.9 Å². The van der Waals surface area contributed by atoms with Crippen LogP contribution in [0.5, 0.6) is 0 Å². The minimum absolute atomic E-state index is 0.0986. The van der Waals surface area contributed by atoms with Gasteiger partial charge in [0.2, 0.25) is 5.82 Å². The molecule has 0 spiro atoms. The number of rotatable bonds is 12. The number of aldehydes is 1. The molecule has 2 aromatic heterocycles. The lowest BCUT2D eigenvalue weighted by atomic mass is 9.98. The summed E-state index contributed by atoms with van der Waals surface area (Å²) in [6, 6.07) is 16.1. The van der Waals surface area contributed by atoms with Crippen LogP contribution < -0.4 is 5.69 Å². The molecule has 1 N–H and O–H groups in total. The first-order valence-electron chi connectivity index (χ1n) is 12.7. The Labute approximate surface area is 211 Å². The highest BCUT2D eigenvalue weighted by Crippen LogP contribution is 2.30. The number of aromatic nitrogens is 6. The molecule has 8 nitrogen and oxygen atoms in total. The molecule has 0 unspecified atom stereocenters. The van der Waals surface area contributed by atoms with Crippen LogP contribution in [0, 0.1) is 5.92 Å². The number of nitrogens with one attached hydrogen (secondary N) is 1. The van der Waals surface area contributed by atoms with Crippen LogP contribution in [-0.4, -0.2) is 36.0 Å². The van der Waals surface area contributed by atoms with Gasteiger partial charge in [-0.25, -0.2) is 4.79 Å². The van der Waals surface area contributed by atoms with Crippen LogP contribution in [-0.2, 0) is 19.5 Å². The molecule has 2 heterocycles. The second-order valence-electron chi connectivity index (χ2n) is 9.59. The maximum atomic E-state index is 13.4. The van der Waals surface area contributed by atoms with E-state index < -0.39 is 0 Å². The molecule has 0 aliphatic heterocycles. The molecule has 0 amide bonds. The van der Waals surface area contributed by atoms with Crippen molar-refractivity contribution in [3.8, 4) is 22.5 Å². The van der Waals surface area contributed by atoms with E-state index in [9.17, 15) is 9.59 Å². The number of carbonyl (C=O) groups excluding carboxylic acids is 1. The average molecular weight is 487 g/mol. The summed E-state index contributed by atoms with van der Waals surface area (Å²) in [5, 5.41) is 14.4. The molecule has 0 bridgehead atoms. The van der Waals surface area contributed by atoms with Crippen LogP contribution in [0.25, 0.3) is 22.5 Å². The summed E-state index contributed by atoms with van der Waals surface area (Å²) < 4.78 is 3.47. The molecule has 0 radical (unpaired) electrons. The monoisotopic (exact) mass is 486 g/mol. The van der Waals surface area contributed by atoms with Crippen molar-refractivity contribution in [2.75, 3.05) is 0 Å². The number of carbonyl (C=O) groups is 1. The van der Waals surface area contributed by atoms with E-state index in [-0.39, 0.29) is 5.69 Å². The molecule has 4 rings (SSSR count). The van der Waals surface area contributed by atoms with Crippen LogP contribution in [0.15, 0.2) is 53.3 Å². The topological polar surface area (TPSA) is 98.5 Å². The molecule has 4 aromatic rings. The van der Waals surface area contributed by atoms with Crippen molar-refractivity contribution >= 4 is 6.29 Å². The first-order chi connectivity index (χ1) is 17.5. The normalized spacial score (nSPS) is 11.3. The molecule has 0 atom stereocenters. The maximum Gasteiger partial charge on any atom is 0.329 e. The van der Waals surface area contributed by atoms with E-state index >= 15 is 0 Å². The van der Waals surface area contributed by atoms with Crippen LogP contribution in [0.3, 0.4) is 0 Å². The first-order valence-corrected chi connectivity index (χ1v) is 12.7. The van der Waals surface area contributed by atoms with E-state index in [1.165, 1.54) is 0 Å². The molecular formula is C28H34N6O2. The summed E-state index contributed by atoms with van der Waals surface area (Å²) in [6.45, 7) is 7.46. The van der Waals surface area contributed by atoms with Gasteiger partial charge in [0, 0.05) is 12.1 Å². The third-order valence-electron chi connectivity index (χ3n) is 6.55. The minimum atomic E-state index is -0.0986. The lowest BCUT2D eigenvalue weighted by molar-refractivity contribution is 0.111. The van der Waals surface area contributed by atoms with E-state index in [1.54, 1.807) is 9.13 Å². The lowest BCUT2D eigenvalue weighted by Gasteiger charge is -2.11. The van der Waals surface area contributed by atoms with Crippen molar-refractivity contribution < 1.29 is 4.79 Å². The van der Waals surface area contributed by atoms with Gasteiger partial charge >= 0.3 is 5.69 Å². The SMILES string of the molecule is CCCCCn1c(C=O)c(CCC(C)C)n(Cc2ccc(-c3ccccc3-c3nn[nH]n3)cc2)c1=O. The Balaban J connectivity index is 1.65. The number of unbranched alkanes of at least 4 members (excludes halogenated alkanes) is 2. The number of tetrazole rings is 1. The van der Waals surface area contributed by atoms with Crippen molar-refractivity contribution in [1.82, 2.24) is 29.8 Å². The predicted molar refractivity (Wildman–Crippen MR) is 141 cm³/mol. The molecule has 0 fully saturated rings. The van der Waals surface area contributed by atoms with Crippen LogP contribution >= 0.6 is 0 Å². The fraction of sp³-hybridized carbons (Fsp3) is 0.393. The van der Waals surface area contributed by atoms with Gasteiger partial charge in [0.15, 0.2) is 6.29 Å². The Morgan fingerprint density at radius 1 is 1.00 bits per heavy atom. The summed E-state index contributed by atoms with van der Waals surface area (Å²) in [6.07, 6.45) is 5.47. The van der Waals surface area contributed by atoms with Crippen molar-refractivity contribution in [3.63, 3.8) is 0 Å². The number of benzene rings is 2. The molecule has 36 heavy (non-hydrogen) atoms. The molecule has 0 saturated carbocycles. The summed E-state index contributed by atoms with van der Waals surface area (Å²) in [5.41, 5.74) is 5.20. The Morgan fingerprint density at radius 2 is 1.75 bits per heavy atom. The lowest BCUT2D eigenvalue weighted by Crippen LogP contribution is -2.26. The zero-order valence-electron chi connectivity index (χ0n) is 21.3. The van der Waals surface area contributed by atoms with Gasteiger partial charge in [0.1, 0.15) is 5.69 Å². The summed E-state index contributed by atoms with van der Waals surface area (Å²) in [5.74, 6) is 1.02. The zero-order valence-corrected chi connectivity index (χ0v) is 21.3. The molecule has 2 aromatic carbocycles. The summed E-state index contributed by atoms with van der Waals surface area (Å²) in [7, 11) is 0. The molecule has 0 saturated heterocycles. The number of nitrogens with zero attached hydrogens (tertiary/aromatic N) is 5. The van der Waals surface area contributed by atoms with Crippen molar-refractivity contribution in [2.24, 2.45) is 5.92 Å². The Kier molecular flexibility index (Phi) is 8.25. The van der Waals surface area contributed by atoms with Crippen molar-refractivity contribution in [3.05, 3.63) is 76.0 Å². The van der Waals surface area contributed by atoms with Crippen LogP contribution in [0.2, 0.25) is 0 Å². The van der Waals surface area contributed by atoms with E-state index in [1.807, 2.05) is 48.5 Å². The minimum Gasteiger partial charge on any atom is -0.296 e. The highest BCUT2D eigenvalue weighted by Gasteiger charge is 2.20. The molecule has 0 aliphatic rings. The zero-order chi connectivity index (χ0) is 25.5. The van der Waals surface area contributed by atoms with Gasteiger partial charge in [0.05, 0.1) is 12.2 Å². The standard InChI is InChI=1S/C28H34N6O2/c1-4-5-8-17-33-26(19-35)25(16-11-20(2)3)34(28(33)36)18-21-12-14-22(15-13-21)23-9-6-7-10-24(23)27-29-31-32-30-27/h6-7,9-10,12-15,19-20H,4-5,8,11,16-18H2,1-3H3,(H,29,30,31,32). The predicted octanol–water partition coefficient (Wildman–Crippen LogP) is 5.14. The van der Waals surface area contributed by atoms with Gasteiger partial charge in [-0.2, -0.15) is 5.21 Å². The first kappa shape index (κ1) is 25.3. The van der Waals surface area contributed by atoms with Crippen LogP contribution in [0.4, 0.5) is 0 Å². The number of hydrogen-bond donors (Lipinski definition) is 1. The fourth-order valence-electron chi connectivity index (χ4n) is 4.56. The van der Waals surface area contributed by atoms with E-state index in [4.69, 9.17) is 0 Å². The smallest absolute Gasteiger partial charge is 0.296 e. The Bertz CT molecular complexity index is 1330. The number of H-pyrrole nitrogens is 1. The highest BCUT2D eigenvalue weighted by molar-refractivity contribution is 5.80. The van der Waals surface area contributed by atoms with Gasteiger partial charge < -0.3 is 0 Å². The number of imidazole rings is 1. The van der Waals surface area contributed by atoms with Gasteiger partial charge in [-0.05, 0) is 47.1 Å². The third kappa shape index (κ3) is 5.53. The Hall–Kier alpha value is -3.81. The van der Waals surface area contributed by atoms with Crippen LogP contribution in [0.1, 0.15) is 68.2 Å². The average Bonchev–Trinajstić information content (AvgIpc) is 3.51.